The highest BCUT2D eigenvalue weighted by atomic mass is 14.9. The van der Waals surface area contributed by atoms with Gasteiger partial charge in [-0.3, -0.25) is 0 Å². The highest BCUT2D eigenvalue weighted by molar-refractivity contribution is 5.46. The largest absolute Gasteiger partial charge is 0.381 e. The lowest BCUT2D eigenvalue weighted by Gasteiger charge is -2.09. The molecule has 0 amide bonds. The highest BCUT2D eigenvalue weighted by Crippen LogP contribution is 2.13. The maximum Gasteiger partial charge on any atom is 0.0669 e. The van der Waals surface area contributed by atoms with Gasteiger partial charge in [0.25, 0.3) is 0 Å². The first kappa shape index (κ1) is 13.2. The van der Waals surface area contributed by atoms with Crippen LogP contribution in [0.3, 0.4) is 0 Å². The Morgan fingerprint density at radius 3 is 2.16 bits per heavy atom. The Balaban J connectivity index is 2.00. The van der Waals surface area contributed by atoms with Crippen LogP contribution in [-0.2, 0) is 13.0 Å². The van der Waals surface area contributed by atoms with Gasteiger partial charge < -0.3 is 5.32 Å². The number of nitrogens with one attached hydrogen (secondary N) is 1. The lowest BCUT2D eigenvalue weighted by atomic mass is 10.1. The zero-order chi connectivity index (χ0) is 13.7. The lowest BCUT2D eigenvalue weighted by Crippen LogP contribution is -2.00. The summed E-state index contributed by atoms with van der Waals surface area (Å²) in [5, 5.41) is 12.0. The van der Waals surface area contributed by atoms with E-state index in [1.807, 2.05) is 24.3 Å². The number of nitriles is 1. The van der Waals surface area contributed by atoms with Crippen LogP contribution in [0.4, 0.5) is 5.69 Å². The second kappa shape index (κ2) is 6.06. The van der Waals surface area contributed by atoms with Gasteiger partial charge in [0.2, 0.25) is 0 Å². The van der Waals surface area contributed by atoms with Gasteiger partial charge in [0.15, 0.2) is 0 Å². The number of rotatable bonds is 4. The van der Waals surface area contributed by atoms with Crippen molar-refractivity contribution >= 4 is 5.69 Å². The molecule has 0 aromatic heterocycles. The quantitative estimate of drug-likeness (QED) is 0.890. The fourth-order valence-electron chi connectivity index (χ4n) is 2.21. The smallest absolute Gasteiger partial charge is 0.0669 e. The van der Waals surface area contributed by atoms with Crippen molar-refractivity contribution in [2.24, 2.45) is 0 Å². The molecule has 0 aliphatic carbocycles. The minimum Gasteiger partial charge on any atom is -0.381 e. The number of hydrogen-bond donors (Lipinski definition) is 1. The molecular weight excluding hydrogens is 232 g/mol. The highest BCUT2D eigenvalue weighted by Gasteiger charge is 1.97. The van der Waals surface area contributed by atoms with Crippen LogP contribution in [0, 0.1) is 25.2 Å². The van der Waals surface area contributed by atoms with E-state index in [1.54, 1.807) is 0 Å². The molecular formula is C17H18N2. The molecule has 2 heteroatoms. The van der Waals surface area contributed by atoms with E-state index < -0.39 is 0 Å². The molecule has 0 heterocycles. The van der Waals surface area contributed by atoms with Crippen LogP contribution < -0.4 is 5.32 Å². The monoisotopic (exact) mass is 250 g/mol. The molecule has 0 radical (unpaired) electrons. The van der Waals surface area contributed by atoms with Crippen molar-refractivity contribution in [3.63, 3.8) is 0 Å². The molecule has 2 aromatic rings. The van der Waals surface area contributed by atoms with E-state index in [0.717, 1.165) is 17.8 Å². The maximum absolute atomic E-state index is 8.63. The first-order valence-corrected chi connectivity index (χ1v) is 6.44. The Hall–Kier alpha value is -2.27. The Kier molecular flexibility index (Phi) is 4.20. The minimum atomic E-state index is 0.470. The average molecular weight is 250 g/mol. The fraction of sp³-hybridized carbons (Fsp3) is 0.235. The summed E-state index contributed by atoms with van der Waals surface area (Å²) >= 11 is 0. The van der Waals surface area contributed by atoms with Crippen LogP contribution in [0.25, 0.3) is 0 Å². The van der Waals surface area contributed by atoms with Crippen molar-refractivity contribution in [2.45, 2.75) is 26.8 Å². The minimum absolute atomic E-state index is 0.470. The number of benzene rings is 2. The molecule has 0 atom stereocenters. The van der Waals surface area contributed by atoms with E-state index >= 15 is 0 Å². The van der Waals surface area contributed by atoms with Gasteiger partial charge in [-0.05, 0) is 37.1 Å². The summed E-state index contributed by atoms with van der Waals surface area (Å²) in [6.07, 6.45) is 0.470. The summed E-state index contributed by atoms with van der Waals surface area (Å²) in [4.78, 5) is 0. The van der Waals surface area contributed by atoms with Crippen molar-refractivity contribution < 1.29 is 0 Å². The van der Waals surface area contributed by atoms with Gasteiger partial charge in [-0.1, -0.05) is 41.5 Å². The Morgan fingerprint density at radius 1 is 0.947 bits per heavy atom. The predicted octanol–water partition coefficient (Wildman–Crippen LogP) is 3.98. The third kappa shape index (κ3) is 3.86. The van der Waals surface area contributed by atoms with Crippen molar-refractivity contribution in [3.8, 4) is 6.07 Å². The van der Waals surface area contributed by atoms with Crippen LogP contribution >= 0.6 is 0 Å². The van der Waals surface area contributed by atoms with Crippen LogP contribution in [0.2, 0.25) is 0 Å². The van der Waals surface area contributed by atoms with Crippen molar-refractivity contribution in [1.82, 2.24) is 0 Å². The van der Waals surface area contributed by atoms with Crippen LogP contribution in [0.1, 0.15) is 22.3 Å². The zero-order valence-electron chi connectivity index (χ0n) is 11.4. The standard InChI is InChI=1S/C17H18N2/c1-13-9-14(2)11-16(10-13)12-19-17-5-3-15(4-6-17)7-8-18/h3-6,9-11,19H,7,12H2,1-2H3. The molecule has 0 fully saturated rings. The van der Waals surface area contributed by atoms with E-state index in [2.05, 4.69) is 43.4 Å². The lowest BCUT2D eigenvalue weighted by molar-refractivity contribution is 1.13. The molecule has 0 spiro atoms. The van der Waals surface area contributed by atoms with Gasteiger partial charge in [-0.2, -0.15) is 5.26 Å². The zero-order valence-corrected chi connectivity index (χ0v) is 11.4. The number of hydrogen-bond acceptors (Lipinski definition) is 2. The van der Waals surface area contributed by atoms with Crippen molar-refractivity contribution in [2.75, 3.05) is 5.32 Å². The first-order chi connectivity index (χ1) is 9.17. The topological polar surface area (TPSA) is 35.8 Å². The second-order valence-corrected chi connectivity index (χ2v) is 4.88. The molecule has 19 heavy (non-hydrogen) atoms. The van der Waals surface area contributed by atoms with E-state index in [4.69, 9.17) is 5.26 Å². The summed E-state index contributed by atoms with van der Waals surface area (Å²) in [6.45, 7) is 5.06. The Labute approximate surface area is 114 Å². The van der Waals surface area contributed by atoms with E-state index in [-0.39, 0.29) is 0 Å². The number of anilines is 1. The predicted molar refractivity (Wildman–Crippen MR) is 79.0 cm³/mol. The second-order valence-electron chi connectivity index (χ2n) is 4.88. The first-order valence-electron chi connectivity index (χ1n) is 6.44. The summed E-state index contributed by atoms with van der Waals surface area (Å²) in [5.41, 5.74) is 6.02. The van der Waals surface area contributed by atoms with Gasteiger partial charge in [-0.15, -0.1) is 0 Å². The van der Waals surface area contributed by atoms with Crippen LogP contribution in [-0.4, -0.2) is 0 Å². The van der Waals surface area contributed by atoms with E-state index in [1.165, 1.54) is 16.7 Å². The molecule has 1 N–H and O–H groups in total. The molecule has 0 saturated carbocycles. The summed E-state index contributed by atoms with van der Waals surface area (Å²) in [7, 11) is 0. The van der Waals surface area contributed by atoms with Crippen LogP contribution in [0.5, 0.6) is 0 Å². The molecule has 0 bridgehead atoms. The fourth-order valence-corrected chi connectivity index (χ4v) is 2.21. The molecule has 2 rings (SSSR count). The van der Waals surface area contributed by atoms with E-state index in [0.29, 0.717) is 6.42 Å². The molecule has 2 nitrogen and oxygen atoms in total. The van der Waals surface area contributed by atoms with Gasteiger partial charge >= 0.3 is 0 Å². The molecule has 0 aliphatic heterocycles. The molecule has 96 valence electrons. The Morgan fingerprint density at radius 2 is 1.58 bits per heavy atom. The summed E-state index contributed by atoms with van der Waals surface area (Å²) < 4.78 is 0. The Bertz CT molecular complexity index is 571. The average Bonchev–Trinajstić information content (AvgIpc) is 2.37. The molecule has 2 aromatic carbocycles. The SMILES string of the molecule is Cc1cc(C)cc(CNc2ccc(CC#N)cc2)c1. The summed E-state index contributed by atoms with van der Waals surface area (Å²) in [6, 6.07) is 16.8. The van der Waals surface area contributed by atoms with Crippen molar-refractivity contribution in [3.05, 3.63) is 64.7 Å². The van der Waals surface area contributed by atoms with Crippen molar-refractivity contribution in [1.29, 1.82) is 5.26 Å². The maximum atomic E-state index is 8.63. The number of aryl methyl sites for hydroxylation is 2. The van der Waals surface area contributed by atoms with Gasteiger partial charge in [0.1, 0.15) is 0 Å². The van der Waals surface area contributed by atoms with Gasteiger partial charge in [0, 0.05) is 12.2 Å². The number of nitrogens with zero attached hydrogens (tertiary/aromatic N) is 1. The van der Waals surface area contributed by atoms with E-state index in [9.17, 15) is 0 Å². The molecule has 0 saturated heterocycles. The van der Waals surface area contributed by atoms with Gasteiger partial charge in [-0.25, -0.2) is 0 Å². The third-order valence-electron chi connectivity index (χ3n) is 3.02. The van der Waals surface area contributed by atoms with Gasteiger partial charge in [0.05, 0.1) is 12.5 Å². The molecule has 0 unspecified atom stereocenters. The van der Waals surface area contributed by atoms with Crippen LogP contribution in [0.15, 0.2) is 42.5 Å². The normalized spacial score (nSPS) is 9.95. The molecule has 0 aliphatic rings. The summed E-state index contributed by atoms with van der Waals surface area (Å²) in [5.74, 6) is 0. The third-order valence-corrected chi connectivity index (χ3v) is 3.02.